The Balaban J connectivity index is 0. The predicted molar refractivity (Wildman–Crippen MR) is 30.9 cm³/mol. The van der Waals surface area contributed by atoms with E-state index in [4.69, 9.17) is 15.0 Å². The molecule has 0 amide bonds. The van der Waals surface area contributed by atoms with Crippen LogP contribution in [0.25, 0.3) is 0 Å². The zero-order valence-electron chi connectivity index (χ0n) is 5.15. The number of carbonyl (C=O) groups is 2. The monoisotopic (exact) mass is 134 g/mol. The Morgan fingerprint density at radius 2 is 1.78 bits per heavy atom. The molecule has 2 N–H and O–H groups in total. The van der Waals surface area contributed by atoms with Gasteiger partial charge in [0.15, 0.2) is 0 Å². The molecule has 4 nitrogen and oxygen atoms in total. The van der Waals surface area contributed by atoms with E-state index in [0.717, 1.165) is 0 Å². The first kappa shape index (κ1) is 11.1. The molecule has 0 rings (SSSR count). The number of rotatable bonds is 2. The Morgan fingerprint density at radius 3 is 1.78 bits per heavy atom. The van der Waals surface area contributed by atoms with Gasteiger partial charge in [0.25, 0.3) is 0 Å². The van der Waals surface area contributed by atoms with Gasteiger partial charge in [-0.15, -0.1) is 0 Å². The highest BCUT2D eigenvalue weighted by Crippen LogP contribution is 1.62. The van der Waals surface area contributed by atoms with Crippen LogP contribution in [-0.2, 0) is 9.59 Å². The van der Waals surface area contributed by atoms with Gasteiger partial charge in [0.05, 0.1) is 6.61 Å². The summed E-state index contributed by atoms with van der Waals surface area (Å²) in [5.74, 6) is 0. The minimum Gasteiger partial charge on any atom is -0.389 e. The molecule has 0 saturated heterocycles. The molecule has 0 aromatic carbocycles. The summed E-state index contributed by atoms with van der Waals surface area (Å²) in [5, 5.41) is 15.5. The van der Waals surface area contributed by atoms with Crippen molar-refractivity contribution in [3.8, 4) is 0 Å². The molecule has 0 spiro atoms. The van der Waals surface area contributed by atoms with Crippen LogP contribution >= 0.6 is 0 Å². The van der Waals surface area contributed by atoms with E-state index in [9.17, 15) is 4.79 Å². The molecular formula is C5H10O4. The summed E-state index contributed by atoms with van der Waals surface area (Å²) in [6.45, 7) is 1.05. The quantitative estimate of drug-likeness (QED) is 0.462. The number of aliphatic hydroxyl groups is 2. The molecule has 4 heteroatoms. The van der Waals surface area contributed by atoms with Crippen LogP contribution in [0.1, 0.15) is 6.92 Å². The third kappa shape index (κ3) is 39.3. The number of aliphatic hydroxyl groups excluding tert-OH is 2. The molecule has 54 valence electrons. The van der Waals surface area contributed by atoms with Gasteiger partial charge in [-0.25, -0.2) is 0 Å². The Labute approximate surface area is 53.1 Å². The number of hydrogen-bond acceptors (Lipinski definition) is 4. The zero-order valence-corrected chi connectivity index (χ0v) is 5.15. The van der Waals surface area contributed by atoms with Crippen LogP contribution < -0.4 is 0 Å². The summed E-state index contributed by atoms with van der Waals surface area (Å²) >= 11 is 0. The molecule has 9 heavy (non-hydrogen) atoms. The summed E-state index contributed by atoms with van der Waals surface area (Å²) in [5.41, 5.74) is 0. The first-order chi connectivity index (χ1) is 4.18. The predicted octanol–water partition coefficient (Wildman–Crippen LogP) is -1.26. The minimum absolute atomic E-state index is 0.361. The fourth-order valence-electron chi connectivity index (χ4n) is 0. The Morgan fingerprint density at radius 1 is 1.56 bits per heavy atom. The largest absolute Gasteiger partial charge is 0.389 e. The highest BCUT2D eigenvalue weighted by atomic mass is 16.3. The van der Waals surface area contributed by atoms with Gasteiger partial charge in [-0.1, -0.05) is 0 Å². The van der Waals surface area contributed by atoms with Crippen molar-refractivity contribution >= 4 is 12.6 Å². The van der Waals surface area contributed by atoms with Crippen LogP contribution in [0.5, 0.6) is 0 Å². The first-order valence-corrected chi connectivity index (χ1v) is 2.36. The van der Waals surface area contributed by atoms with E-state index in [1.54, 1.807) is 0 Å². The lowest BCUT2D eigenvalue weighted by Crippen LogP contribution is -1.97. The van der Waals surface area contributed by atoms with Crippen molar-refractivity contribution in [3.05, 3.63) is 0 Å². The third-order valence-corrected chi connectivity index (χ3v) is 0.271. The van der Waals surface area contributed by atoms with Crippen LogP contribution in [0.15, 0.2) is 0 Å². The maximum absolute atomic E-state index is 9.25. The van der Waals surface area contributed by atoms with E-state index in [0.29, 0.717) is 12.6 Å². The van der Waals surface area contributed by atoms with Gasteiger partial charge >= 0.3 is 0 Å². The fourth-order valence-corrected chi connectivity index (χ4v) is 0. The van der Waals surface area contributed by atoms with Crippen LogP contribution in [-0.4, -0.2) is 35.5 Å². The van der Waals surface area contributed by atoms with Crippen molar-refractivity contribution in [2.24, 2.45) is 0 Å². The van der Waals surface area contributed by atoms with E-state index in [-0.39, 0.29) is 6.61 Å². The molecule has 0 radical (unpaired) electrons. The molecule has 0 aromatic rings. The molecule has 0 aliphatic heterocycles. The molecule has 1 unspecified atom stereocenters. The maximum atomic E-state index is 9.25. The summed E-state index contributed by atoms with van der Waals surface area (Å²) in [6.07, 6.45) is 0.106. The van der Waals surface area contributed by atoms with Crippen LogP contribution in [0.4, 0.5) is 0 Å². The topological polar surface area (TPSA) is 74.6 Å². The third-order valence-electron chi connectivity index (χ3n) is 0.271. The minimum atomic E-state index is -0.796. The maximum Gasteiger partial charge on any atom is 0.148 e. The summed E-state index contributed by atoms with van der Waals surface area (Å²) in [6, 6.07) is 0. The molecule has 0 aliphatic rings. The second-order valence-electron chi connectivity index (χ2n) is 1.23. The lowest BCUT2D eigenvalue weighted by molar-refractivity contribution is -0.114. The number of aldehydes is 2. The molecular weight excluding hydrogens is 124 g/mol. The lowest BCUT2D eigenvalue weighted by Gasteiger charge is -1.79. The summed E-state index contributed by atoms with van der Waals surface area (Å²) in [7, 11) is 0. The van der Waals surface area contributed by atoms with E-state index < -0.39 is 6.10 Å². The van der Waals surface area contributed by atoms with Crippen LogP contribution in [0, 0.1) is 0 Å². The van der Waals surface area contributed by atoms with Gasteiger partial charge < -0.3 is 19.8 Å². The van der Waals surface area contributed by atoms with Crippen molar-refractivity contribution in [3.63, 3.8) is 0 Å². The fraction of sp³-hybridized carbons (Fsp3) is 0.600. The van der Waals surface area contributed by atoms with E-state index >= 15 is 0 Å². The molecule has 0 saturated carbocycles. The van der Waals surface area contributed by atoms with E-state index in [1.165, 1.54) is 6.92 Å². The highest BCUT2D eigenvalue weighted by molar-refractivity contribution is 5.54. The van der Waals surface area contributed by atoms with E-state index in [2.05, 4.69) is 0 Å². The molecule has 0 aliphatic carbocycles. The average molecular weight is 134 g/mol. The summed E-state index contributed by atoms with van der Waals surface area (Å²) < 4.78 is 0. The van der Waals surface area contributed by atoms with E-state index in [1.807, 2.05) is 0 Å². The Kier molecular flexibility index (Phi) is 12.7. The molecule has 0 bridgehead atoms. The van der Waals surface area contributed by atoms with Crippen molar-refractivity contribution in [2.75, 3.05) is 6.61 Å². The first-order valence-electron chi connectivity index (χ1n) is 2.36. The molecule has 0 fully saturated rings. The standard InChI is InChI=1S/C3H6O2.C2H4O2/c1-3(5)2-4;3-1-2-4/h2-3,5H,1H3;1,4H,2H2. The van der Waals surface area contributed by atoms with Crippen molar-refractivity contribution in [1.29, 1.82) is 0 Å². The average Bonchev–Trinajstić information content (AvgIpc) is 1.89. The second kappa shape index (κ2) is 10.3. The van der Waals surface area contributed by atoms with Gasteiger partial charge in [-0.2, -0.15) is 0 Å². The smallest absolute Gasteiger partial charge is 0.148 e. The normalized spacial score (nSPS) is 10.6. The van der Waals surface area contributed by atoms with Crippen molar-refractivity contribution < 1.29 is 19.8 Å². The number of hydrogen-bond donors (Lipinski definition) is 2. The van der Waals surface area contributed by atoms with Crippen LogP contribution in [0.3, 0.4) is 0 Å². The van der Waals surface area contributed by atoms with Gasteiger partial charge in [0.2, 0.25) is 0 Å². The van der Waals surface area contributed by atoms with Gasteiger partial charge in [-0.3, -0.25) is 0 Å². The number of carbonyl (C=O) groups excluding carboxylic acids is 2. The SMILES string of the molecule is CC(O)C=O.O=CCO. The highest BCUT2D eigenvalue weighted by Gasteiger charge is 1.81. The molecule has 0 heterocycles. The Bertz CT molecular complexity index is 69.4. The zero-order chi connectivity index (χ0) is 7.70. The van der Waals surface area contributed by atoms with Gasteiger partial charge in [0, 0.05) is 0 Å². The lowest BCUT2D eigenvalue weighted by atomic mass is 10.5. The van der Waals surface area contributed by atoms with Crippen molar-refractivity contribution in [2.45, 2.75) is 13.0 Å². The Hall–Kier alpha value is -0.740. The van der Waals surface area contributed by atoms with Crippen LogP contribution in [0.2, 0.25) is 0 Å². The van der Waals surface area contributed by atoms with Gasteiger partial charge in [0.1, 0.15) is 18.7 Å². The molecule has 1 atom stereocenters. The summed E-state index contributed by atoms with van der Waals surface area (Å²) in [4.78, 5) is 18.2. The van der Waals surface area contributed by atoms with Gasteiger partial charge in [-0.05, 0) is 6.92 Å². The molecule has 0 aromatic heterocycles. The van der Waals surface area contributed by atoms with Crippen molar-refractivity contribution in [1.82, 2.24) is 0 Å². The second-order valence-corrected chi connectivity index (χ2v) is 1.23.